The van der Waals surface area contributed by atoms with E-state index in [1.807, 2.05) is 85.8 Å². The van der Waals surface area contributed by atoms with Crippen molar-refractivity contribution >= 4 is 5.91 Å². The highest BCUT2D eigenvalue weighted by Crippen LogP contribution is 2.33. The standard InChI is InChI=1S/C27H30N2O2/c1-27(22-13-7-3-8-14-22,23-15-9-4-10-16-23)26(31)28-25(21-11-5-2-6-12-21)20-29-18-17-24(30)19-29/h2-16,24-25,30H,17-20H2,1H3,(H,28,31). The fourth-order valence-corrected chi connectivity index (χ4v) is 4.43. The van der Waals surface area contributed by atoms with Crippen LogP contribution in [0.2, 0.25) is 0 Å². The van der Waals surface area contributed by atoms with E-state index in [9.17, 15) is 9.90 Å². The number of rotatable bonds is 7. The lowest BCUT2D eigenvalue weighted by Crippen LogP contribution is -2.47. The largest absolute Gasteiger partial charge is 0.392 e. The first kappa shape index (κ1) is 21.3. The van der Waals surface area contributed by atoms with Crippen molar-refractivity contribution in [3.63, 3.8) is 0 Å². The summed E-state index contributed by atoms with van der Waals surface area (Å²) >= 11 is 0. The SMILES string of the molecule is CC(C(=O)NC(CN1CCC(O)C1)c1ccccc1)(c1ccccc1)c1ccccc1. The molecule has 0 spiro atoms. The molecule has 1 heterocycles. The Hall–Kier alpha value is -2.95. The summed E-state index contributed by atoms with van der Waals surface area (Å²) in [6.07, 6.45) is 0.493. The predicted octanol–water partition coefficient (Wildman–Crippen LogP) is 3.92. The van der Waals surface area contributed by atoms with Crippen molar-refractivity contribution < 1.29 is 9.90 Å². The van der Waals surface area contributed by atoms with E-state index in [0.717, 1.165) is 29.7 Å². The Kier molecular flexibility index (Phi) is 6.50. The van der Waals surface area contributed by atoms with E-state index in [0.29, 0.717) is 13.1 Å². The molecule has 4 nitrogen and oxygen atoms in total. The van der Waals surface area contributed by atoms with Gasteiger partial charge < -0.3 is 10.4 Å². The van der Waals surface area contributed by atoms with Crippen molar-refractivity contribution in [1.82, 2.24) is 10.2 Å². The molecular formula is C27H30N2O2. The molecule has 2 unspecified atom stereocenters. The van der Waals surface area contributed by atoms with Crippen LogP contribution in [0.25, 0.3) is 0 Å². The lowest BCUT2D eigenvalue weighted by Gasteiger charge is -2.33. The third kappa shape index (κ3) is 4.71. The number of likely N-dealkylation sites (tertiary alicyclic amines) is 1. The fraction of sp³-hybridized carbons (Fsp3) is 0.296. The number of hydrogen-bond acceptors (Lipinski definition) is 3. The van der Waals surface area contributed by atoms with Gasteiger partial charge in [0.2, 0.25) is 5.91 Å². The van der Waals surface area contributed by atoms with Gasteiger partial charge in [0.15, 0.2) is 0 Å². The molecule has 2 atom stereocenters. The third-order valence-corrected chi connectivity index (χ3v) is 6.35. The van der Waals surface area contributed by atoms with Crippen LogP contribution in [0.3, 0.4) is 0 Å². The van der Waals surface area contributed by atoms with E-state index in [4.69, 9.17) is 0 Å². The van der Waals surface area contributed by atoms with Gasteiger partial charge in [-0.05, 0) is 30.0 Å². The van der Waals surface area contributed by atoms with Gasteiger partial charge in [-0.25, -0.2) is 0 Å². The minimum Gasteiger partial charge on any atom is -0.392 e. The molecule has 3 aromatic carbocycles. The fourth-order valence-electron chi connectivity index (χ4n) is 4.43. The molecule has 0 saturated carbocycles. The van der Waals surface area contributed by atoms with Crippen LogP contribution in [-0.2, 0) is 10.2 Å². The van der Waals surface area contributed by atoms with Crippen LogP contribution < -0.4 is 5.32 Å². The number of carbonyl (C=O) groups is 1. The quantitative estimate of drug-likeness (QED) is 0.616. The lowest BCUT2D eigenvalue weighted by atomic mass is 9.75. The number of aliphatic hydroxyl groups excluding tert-OH is 1. The van der Waals surface area contributed by atoms with Crippen LogP contribution in [0, 0.1) is 0 Å². The highest BCUT2D eigenvalue weighted by Gasteiger charge is 2.38. The van der Waals surface area contributed by atoms with Crippen LogP contribution in [0.5, 0.6) is 0 Å². The molecule has 0 aromatic heterocycles. The van der Waals surface area contributed by atoms with E-state index in [1.165, 1.54) is 0 Å². The molecule has 1 aliphatic heterocycles. The van der Waals surface area contributed by atoms with E-state index in [2.05, 4.69) is 22.3 Å². The van der Waals surface area contributed by atoms with Crippen molar-refractivity contribution in [3.8, 4) is 0 Å². The zero-order valence-corrected chi connectivity index (χ0v) is 17.9. The van der Waals surface area contributed by atoms with Gasteiger partial charge in [-0.1, -0.05) is 91.0 Å². The first-order chi connectivity index (χ1) is 15.1. The van der Waals surface area contributed by atoms with Gasteiger partial charge in [0, 0.05) is 19.6 Å². The number of aliphatic hydroxyl groups is 1. The minimum absolute atomic E-state index is 0.0292. The molecule has 1 amide bonds. The summed E-state index contributed by atoms with van der Waals surface area (Å²) in [5, 5.41) is 13.3. The van der Waals surface area contributed by atoms with Gasteiger partial charge in [0.25, 0.3) is 0 Å². The first-order valence-corrected chi connectivity index (χ1v) is 10.9. The molecule has 2 N–H and O–H groups in total. The molecule has 4 heteroatoms. The number of carbonyl (C=O) groups excluding carboxylic acids is 1. The average molecular weight is 415 g/mol. The van der Waals surface area contributed by atoms with Crippen LogP contribution >= 0.6 is 0 Å². The summed E-state index contributed by atoms with van der Waals surface area (Å²) in [7, 11) is 0. The normalized spacial score (nSPS) is 17.9. The van der Waals surface area contributed by atoms with Crippen LogP contribution in [0.1, 0.15) is 36.1 Å². The van der Waals surface area contributed by atoms with Crippen LogP contribution in [-0.4, -0.2) is 41.7 Å². The maximum Gasteiger partial charge on any atom is 0.235 e. The molecule has 0 radical (unpaired) electrons. The zero-order chi connectivity index (χ0) is 21.7. The number of hydrogen-bond donors (Lipinski definition) is 2. The summed E-state index contributed by atoms with van der Waals surface area (Å²) in [5.41, 5.74) is 2.17. The molecule has 31 heavy (non-hydrogen) atoms. The number of benzene rings is 3. The summed E-state index contributed by atoms with van der Waals surface area (Å²) in [6.45, 7) is 4.16. The number of nitrogens with zero attached hydrogens (tertiary/aromatic N) is 1. The molecule has 1 aliphatic rings. The van der Waals surface area contributed by atoms with E-state index < -0.39 is 5.41 Å². The van der Waals surface area contributed by atoms with Crippen molar-refractivity contribution in [2.75, 3.05) is 19.6 Å². The number of nitrogens with one attached hydrogen (secondary N) is 1. The summed E-state index contributed by atoms with van der Waals surface area (Å²) < 4.78 is 0. The van der Waals surface area contributed by atoms with Crippen molar-refractivity contribution in [2.24, 2.45) is 0 Å². The highest BCUT2D eigenvalue weighted by molar-refractivity contribution is 5.92. The van der Waals surface area contributed by atoms with Gasteiger partial charge in [0.1, 0.15) is 0 Å². The molecular weight excluding hydrogens is 384 g/mol. The molecule has 1 saturated heterocycles. The number of amides is 1. The van der Waals surface area contributed by atoms with Gasteiger partial charge in [-0.2, -0.15) is 0 Å². The van der Waals surface area contributed by atoms with Gasteiger partial charge in [-0.3, -0.25) is 9.69 Å². The maximum absolute atomic E-state index is 13.9. The Morgan fingerprint density at radius 3 is 1.97 bits per heavy atom. The topological polar surface area (TPSA) is 52.6 Å². The van der Waals surface area contributed by atoms with Gasteiger partial charge in [0.05, 0.1) is 17.6 Å². The lowest BCUT2D eigenvalue weighted by molar-refractivity contribution is -0.125. The van der Waals surface area contributed by atoms with E-state index >= 15 is 0 Å². The molecule has 4 rings (SSSR count). The Morgan fingerprint density at radius 2 is 1.48 bits per heavy atom. The maximum atomic E-state index is 13.9. The molecule has 3 aromatic rings. The van der Waals surface area contributed by atoms with Crippen LogP contribution in [0.4, 0.5) is 0 Å². The summed E-state index contributed by atoms with van der Waals surface area (Å²) in [5.74, 6) is -0.0292. The van der Waals surface area contributed by atoms with E-state index in [1.54, 1.807) is 0 Å². The third-order valence-electron chi connectivity index (χ3n) is 6.35. The van der Waals surface area contributed by atoms with Gasteiger partial charge >= 0.3 is 0 Å². The molecule has 0 bridgehead atoms. The Morgan fingerprint density at radius 1 is 0.968 bits per heavy atom. The second kappa shape index (κ2) is 9.46. The zero-order valence-electron chi connectivity index (χ0n) is 17.9. The first-order valence-electron chi connectivity index (χ1n) is 10.9. The summed E-state index contributed by atoms with van der Waals surface area (Å²) in [6, 6.07) is 29.8. The Balaban J connectivity index is 1.66. The molecule has 1 fully saturated rings. The Bertz CT molecular complexity index is 936. The van der Waals surface area contributed by atoms with Crippen LogP contribution in [0.15, 0.2) is 91.0 Å². The summed E-state index contributed by atoms with van der Waals surface area (Å²) in [4.78, 5) is 16.1. The molecule has 0 aliphatic carbocycles. The second-order valence-electron chi connectivity index (χ2n) is 8.50. The smallest absolute Gasteiger partial charge is 0.235 e. The molecule has 160 valence electrons. The number of β-amino-alcohol motifs (C(OH)–C–C–N with tert-alkyl or cyclic N) is 1. The van der Waals surface area contributed by atoms with Crippen molar-refractivity contribution in [3.05, 3.63) is 108 Å². The predicted molar refractivity (Wildman–Crippen MR) is 124 cm³/mol. The van der Waals surface area contributed by atoms with Gasteiger partial charge in [-0.15, -0.1) is 0 Å². The highest BCUT2D eigenvalue weighted by atomic mass is 16.3. The van der Waals surface area contributed by atoms with Crippen molar-refractivity contribution in [2.45, 2.75) is 30.9 Å². The van der Waals surface area contributed by atoms with E-state index in [-0.39, 0.29) is 18.1 Å². The van der Waals surface area contributed by atoms with Crippen molar-refractivity contribution in [1.29, 1.82) is 0 Å². The second-order valence-corrected chi connectivity index (χ2v) is 8.50. The minimum atomic E-state index is -0.819. The monoisotopic (exact) mass is 414 g/mol. The Labute approximate surface area is 184 Å². The average Bonchev–Trinajstić information content (AvgIpc) is 3.24.